The molecule has 2 amide bonds. The summed E-state index contributed by atoms with van der Waals surface area (Å²) in [5.74, 6) is -0.756. The fraction of sp³-hybridized carbons (Fsp3) is 0.176. The number of carbonyl (C=O) groups is 2. The van der Waals surface area contributed by atoms with Gasteiger partial charge in [-0.05, 0) is 37.3 Å². The molecule has 5 nitrogen and oxygen atoms in total. The van der Waals surface area contributed by atoms with Crippen LogP contribution >= 0.6 is 0 Å². The zero-order chi connectivity index (χ0) is 16.6. The molecular formula is C17H15FN2O3. The SMILES string of the molecule is CC1Oc2ccc(NC(=O)c3ccccc3F)cc2N(C)C1=O. The molecule has 118 valence electrons. The lowest BCUT2D eigenvalue weighted by molar-refractivity contribution is -0.125. The van der Waals surface area contributed by atoms with E-state index < -0.39 is 17.8 Å². The molecule has 0 saturated carbocycles. The number of nitrogens with one attached hydrogen (secondary N) is 1. The van der Waals surface area contributed by atoms with Crippen LogP contribution in [0.4, 0.5) is 15.8 Å². The molecule has 6 heteroatoms. The largest absolute Gasteiger partial charge is 0.479 e. The molecule has 3 rings (SSSR count). The van der Waals surface area contributed by atoms with E-state index >= 15 is 0 Å². The normalized spacial score (nSPS) is 16.6. The number of nitrogens with zero attached hydrogens (tertiary/aromatic N) is 1. The van der Waals surface area contributed by atoms with Crippen LogP contribution in [-0.4, -0.2) is 25.0 Å². The van der Waals surface area contributed by atoms with E-state index in [0.717, 1.165) is 0 Å². The third kappa shape index (κ3) is 2.75. The summed E-state index contributed by atoms with van der Waals surface area (Å²) in [6.45, 7) is 1.68. The number of hydrogen-bond donors (Lipinski definition) is 1. The average molecular weight is 314 g/mol. The summed E-state index contributed by atoms with van der Waals surface area (Å²) in [6, 6.07) is 10.7. The number of ether oxygens (including phenoxy) is 1. The second kappa shape index (κ2) is 5.72. The molecule has 0 fully saturated rings. The first-order valence-electron chi connectivity index (χ1n) is 7.11. The molecule has 1 N–H and O–H groups in total. The summed E-state index contributed by atoms with van der Waals surface area (Å²) in [4.78, 5) is 25.6. The standard InChI is InChI=1S/C17H15FN2O3/c1-10-17(22)20(2)14-9-11(7-8-15(14)23-10)19-16(21)12-5-3-4-6-13(12)18/h3-10H,1-2H3,(H,19,21). The first-order valence-corrected chi connectivity index (χ1v) is 7.11. The maximum atomic E-state index is 13.6. The van der Waals surface area contributed by atoms with E-state index in [2.05, 4.69) is 5.32 Å². The third-order valence-electron chi connectivity index (χ3n) is 3.68. The van der Waals surface area contributed by atoms with Gasteiger partial charge in [-0.3, -0.25) is 9.59 Å². The molecule has 1 aliphatic rings. The van der Waals surface area contributed by atoms with Gasteiger partial charge in [-0.25, -0.2) is 4.39 Å². The second-order valence-electron chi connectivity index (χ2n) is 5.27. The maximum Gasteiger partial charge on any atom is 0.267 e. The van der Waals surface area contributed by atoms with Crippen LogP contribution in [0.25, 0.3) is 0 Å². The van der Waals surface area contributed by atoms with Crippen molar-refractivity contribution in [2.45, 2.75) is 13.0 Å². The number of carbonyl (C=O) groups excluding carboxylic acids is 2. The van der Waals surface area contributed by atoms with Gasteiger partial charge in [0, 0.05) is 12.7 Å². The Balaban J connectivity index is 1.87. The van der Waals surface area contributed by atoms with Crippen molar-refractivity contribution in [2.24, 2.45) is 0 Å². The highest BCUT2D eigenvalue weighted by molar-refractivity contribution is 6.05. The van der Waals surface area contributed by atoms with Crippen LogP contribution in [-0.2, 0) is 4.79 Å². The molecule has 0 radical (unpaired) electrons. The molecule has 2 aromatic rings. The molecule has 0 aromatic heterocycles. The number of amides is 2. The van der Waals surface area contributed by atoms with Gasteiger partial charge in [-0.1, -0.05) is 12.1 Å². The molecule has 0 saturated heterocycles. The molecule has 1 aliphatic heterocycles. The number of hydrogen-bond acceptors (Lipinski definition) is 3. The number of halogens is 1. The first kappa shape index (κ1) is 15.0. The fourth-order valence-electron chi connectivity index (χ4n) is 2.43. The summed E-state index contributed by atoms with van der Waals surface area (Å²) in [6.07, 6.45) is -0.550. The van der Waals surface area contributed by atoms with Gasteiger partial charge in [0.1, 0.15) is 11.6 Å². The molecule has 0 aliphatic carbocycles. The Bertz CT molecular complexity index is 791. The predicted molar refractivity (Wildman–Crippen MR) is 84.3 cm³/mol. The summed E-state index contributed by atoms with van der Waals surface area (Å²) in [5, 5.41) is 2.62. The predicted octanol–water partition coefficient (Wildman–Crippen LogP) is 2.82. The molecule has 1 atom stereocenters. The van der Waals surface area contributed by atoms with Gasteiger partial charge in [0.15, 0.2) is 6.10 Å². The van der Waals surface area contributed by atoms with Gasteiger partial charge in [-0.2, -0.15) is 0 Å². The molecule has 1 unspecified atom stereocenters. The van der Waals surface area contributed by atoms with Crippen LogP contribution in [0.5, 0.6) is 5.75 Å². The molecule has 1 heterocycles. The van der Waals surface area contributed by atoms with E-state index in [9.17, 15) is 14.0 Å². The fourth-order valence-corrected chi connectivity index (χ4v) is 2.43. The lowest BCUT2D eigenvalue weighted by Gasteiger charge is -2.30. The maximum absolute atomic E-state index is 13.6. The van der Waals surface area contributed by atoms with E-state index in [0.29, 0.717) is 17.1 Å². The van der Waals surface area contributed by atoms with Crippen LogP contribution in [0.15, 0.2) is 42.5 Å². The number of fused-ring (bicyclic) bond motifs is 1. The highest BCUT2D eigenvalue weighted by atomic mass is 19.1. The van der Waals surface area contributed by atoms with E-state index in [1.165, 1.54) is 23.1 Å². The van der Waals surface area contributed by atoms with Crippen molar-refractivity contribution in [3.05, 3.63) is 53.8 Å². The minimum atomic E-state index is -0.590. The smallest absolute Gasteiger partial charge is 0.267 e. The van der Waals surface area contributed by atoms with Crippen molar-refractivity contribution >= 4 is 23.2 Å². The quantitative estimate of drug-likeness (QED) is 0.927. The van der Waals surface area contributed by atoms with Crippen molar-refractivity contribution in [1.82, 2.24) is 0 Å². The summed E-state index contributed by atoms with van der Waals surface area (Å²) in [7, 11) is 1.64. The zero-order valence-electron chi connectivity index (χ0n) is 12.7. The van der Waals surface area contributed by atoms with Gasteiger partial charge in [0.2, 0.25) is 0 Å². The molecule has 23 heavy (non-hydrogen) atoms. The minimum absolute atomic E-state index is 0.0421. The highest BCUT2D eigenvalue weighted by Gasteiger charge is 2.29. The third-order valence-corrected chi connectivity index (χ3v) is 3.68. The van der Waals surface area contributed by atoms with Gasteiger partial charge < -0.3 is 15.0 Å². The molecule has 2 aromatic carbocycles. The molecule has 0 spiro atoms. The van der Waals surface area contributed by atoms with E-state index in [4.69, 9.17) is 4.74 Å². The van der Waals surface area contributed by atoms with Crippen LogP contribution in [0.2, 0.25) is 0 Å². The first-order chi connectivity index (χ1) is 11.0. The molecular weight excluding hydrogens is 299 g/mol. The number of rotatable bonds is 2. The zero-order valence-corrected chi connectivity index (χ0v) is 12.7. The Labute approximate surface area is 132 Å². The van der Waals surface area contributed by atoms with Gasteiger partial charge >= 0.3 is 0 Å². The topological polar surface area (TPSA) is 58.6 Å². The Morgan fingerprint density at radius 3 is 2.74 bits per heavy atom. The Kier molecular flexibility index (Phi) is 3.73. The number of benzene rings is 2. The summed E-state index contributed by atoms with van der Waals surface area (Å²) >= 11 is 0. The van der Waals surface area contributed by atoms with Crippen LogP contribution < -0.4 is 15.0 Å². The van der Waals surface area contributed by atoms with E-state index in [1.54, 1.807) is 38.2 Å². The van der Waals surface area contributed by atoms with E-state index in [1.807, 2.05) is 0 Å². The van der Waals surface area contributed by atoms with Crippen molar-refractivity contribution in [3.63, 3.8) is 0 Å². The van der Waals surface area contributed by atoms with Crippen molar-refractivity contribution in [2.75, 3.05) is 17.3 Å². The van der Waals surface area contributed by atoms with Crippen LogP contribution in [0.3, 0.4) is 0 Å². The Hall–Kier alpha value is -2.89. The average Bonchev–Trinajstić information content (AvgIpc) is 2.54. The monoisotopic (exact) mass is 314 g/mol. The number of anilines is 2. The highest BCUT2D eigenvalue weighted by Crippen LogP contribution is 2.35. The van der Waals surface area contributed by atoms with Crippen LogP contribution in [0, 0.1) is 5.82 Å². The summed E-state index contributed by atoms with van der Waals surface area (Å²) < 4.78 is 19.2. The number of likely N-dealkylation sites (N-methyl/N-ethyl adjacent to an activating group) is 1. The summed E-state index contributed by atoms with van der Waals surface area (Å²) in [5.41, 5.74) is 0.966. The van der Waals surface area contributed by atoms with E-state index in [-0.39, 0.29) is 11.5 Å². The lowest BCUT2D eigenvalue weighted by atomic mass is 10.1. The Morgan fingerprint density at radius 2 is 2.00 bits per heavy atom. The minimum Gasteiger partial charge on any atom is -0.479 e. The van der Waals surface area contributed by atoms with Gasteiger partial charge in [0.05, 0.1) is 11.3 Å². The molecule has 0 bridgehead atoms. The van der Waals surface area contributed by atoms with Gasteiger partial charge in [-0.15, -0.1) is 0 Å². The Morgan fingerprint density at radius 1 is 1.26 bits per heavy atom. The van der Waals surface area contributed by atoms with Crippen molar-refractivity contribution in [1.29, 1.82) is 0 Å². The van der Waals surface area contributed by atoms with Crippen LogP contribution in [0.1, 0.15) is 17.3 Å². The van der Waals surface area contributed by atoms with Gasteiger partial charge in [0.25, 0.3) is 11.8 Å². The van der Waals surface area contributed by atoms with Crippen molar-refractivity contribution < 1.29 is 18.7 Å². The van der Waals surface area contributed by atoms with Crippen molar-refractivity contribution in [3.8, 4) is 5.75 Å². The second-order valence-corrected chi connectivity index (χ2v) is 5.27. The lowest BCUT2D eigenvalue weighted by Crippen LogP contribution is -2.41.